The Kier molecular flexibility index (Phi) is 4.50. The fraction of sp³-hybridized carbons (Fsp3) is 0.588. The van der Waals surface area contributed by atoms with Gasteiger partial charge in [-0.25, -0.2) is 9.78 Å². The number of carbonyl (C=O) groups excluding carboxylic acids is 1. The summed E-state index contributed by atoms with van der Waals surface area (Å²) >= 11 is 0. The Morgan fingerprint density at radius 3 is 2.70 bits per heavy atom. The molecule has 0 spiro atoms. The highest BCUT2D eigenvalue weighted by Gasteiger charge is 2.25. The van der Waals surface area contributed by atoms with Crippen molar-refractivity contribution in [3.8, 4) is 0 Å². The van der Waals surface area contributed by atoms with Crippen LogP contribution in [-0.4, -0.2) is 28.6 Å². The molecule has 6 heteroatoms. The van der Waals surface area contributed by atoms with Gasteiger partial charge in [0.15, 0.2) is 0 Å². The smallest absolute Gasteiger partial charge is 0.342 e. The maximum absolute atomic E-state index is 12.3. The molecule has 2 heterocycles. The van der Waals surface area contributed by atoms with E-state index in [0.717, 1.165) is 12.8 Å². The molecule has 23 heavy (non-hydrogen) atoms. The molecule has 1 N–H and O–H groups in total. The second-order valence-corrected chi connectivity index (χ2v) is 6.03. The molecule has 0 atom stereocenters. The summed E-state index contributed by atoms with van der Waals surface area (Å²) in [6.45, 7) is 5.70. The van der Waals surface area contributed by atoms with Gasteiger partial charge in [-0.15, -0.1) is 0 Å². The van der Waals surface area contributed by atoms with E-state index in [2.05, 4.69) is 15.3 Å². The van der Waals surface area contributed by atoms with Gasteiger partial charge in [-0.1, -0.05) is 19.3 Å². The quantitative estimate of drug-likeness (QED) is 0.865. The fourth-order valence-electron chi connectivity index (χ4n) is 3.21. The van der Waals surface area contributed by atoms with E-state index >= 15 is 0 Å². The van der Waals surface area contributed by atoms with Crippen LogP contribution in [0.2, 0.25) is 0 Å². The molecule has 0 saturated heterocycles. The first kappa shape index (κ1) is 15.8. The lowest BCUT2D eigenvalue weighted by atomic mass is 9.95. The van der Waals surface area contributed by atoms with Gasteiger partial charge >= 0.3 is 5.97 Å². The van der Waals surface area contributed by atoms with Gasteiger partial charge in [-0.3, -0.25) is 0 Å². The number of anilines is 1. The van der Waals surface area contributed by atoms with E-state index in [9.17, 15) is 4.79 Å². The maximum atomic E-state index is 12.3. The summed E-state index contributed by atoms with van der Waals surface area (Å²) in [5.74, 6) is 1.44. The molecule has 0 unspecified atom stereocenters. The molecule has 1 saturated carbocycles. The Balaban J connectivity index is 2.05. The summed E-state index contributed by atoms with van der Waals surface area (Å²) in [6, 6.07) is 0.381. The van der Waals surface area contributed by atoms with Crippen LogP contribution in [0.4, 0.5) is 5.82 Å². The van der Waals surface area contributed by atoms with E-state index in [0.29, 0.717) is 46.7 Å². The van der Waals surface area contributed by atoms with E-state index in [4.69, 9.17) is 9.15 Å². The summed E-state index contributed by atoms with van der Waals surface area (Å²) in [6.07, 6.45) is 5.97. The largest absolute Gasteiger partial charge is 0.462 e. The number of aryl methyl sites for hydroxylation is 2. The van der Waals surface area contributed by atoms with Gasteiger partial charge in [0, 0.05) is 6.04 Å². The molecular weight excluding hydrogens is 294 g/mol. The molecule has 0 radical (unpaired) electrons. The first-order valence-corrected chi connectivity index (χ1v) is 8.31. The summed E-state index contributed by atoms with van der Waals surface area (Å²) in [4.78, 5) is 21.2. The number of carbonyl (C=O) groups is 1. The molecule has 3 rings (SSSR count). The number of esters is 1. The number of hydrogen-bond acceptors (Lipinski definition) is 6. The van der Waals surface area contributed by atoms with Crippen molar-refractivity contribution in [2.24, 2.45) is 0 Å². The molecule has 1 fully saturated rings. The molecule has 124 valence electrons. The topological polar surface area (TPSA) is 77.2 Å². The van der Waals surface area contributed by atoms with Gasteiger partial charge in [0.25, 0.3) is 0 Å². The van der Waals surface area contributed by atoms with E-state index in [1.807, 2.05) is 6.92 Å². The van der Waals surface area contributed by atoms with Crippen molar-refractivity contribution >= 4 is 22.9 Å². The van der Waals surface area contributed by atoms with Crippen molar-refractivity contribution in [1.82, 2.24) is 9.97 Å². The second kappa shape index (κ2) is 6.56. The molecule has 1 aliphatic carbocycles. The number of fused-ring (bicyclic) bond motifs is 1. The van der Waals surface area contributed by atoms with E-state index in [1.54, 1.807) is 13.8 Å². The number of aromatic nitrogens is 2. The van der Waals surface area contributed by atoms with Gasteiger partial charge < -0.3 is 14.5 Å². The Morgan fingerprint density at radius 1 is 1.26 bits per heavy atom. The van der Waals surface area contributed by atoms with Crippen LogP contribution in [0, 0.1) is 13.8 Å². The molecule has 0 aliphatic heterocycles. The van der Waals surface area contributed by atoms with Crippen LogP contribution >= 0.6 is 0 Å². The van der Waals surface area contributed by atoms with Crippen LogP contribution in [0.15, 0.2) is 4.42 Å². The lowest BCUT2D eigenvalue weighted by molar-refractivity contribution is 0.0526. The van der Waals surface area contributed by atoms with Crippen molar-refractivity contribution in [1.29, 1.82) is 0 Å². The normalized spacial score (nSPS) is 15.8. The van der Waals surface area contributed by atoms with E-state index < -0.39 is 0 Å². The van der Waals surface area contributed by atoms with Gasteiger partial charge in [0.1, 0.15) is 23.0 Å². The van der Waals surface area contributed by atoms with Gasteiger partial charge in [-0.05, 0) is 33.6 Å². The molecule has 2 aromatic rings. The summed E-state index contributed by atoms with van der Waals surface area (Å²) in [5.41, 5.74) is 0.872. The Labute approximate surface area is 135 Å². The molecule has 0 amide bonds. The highest BCUT2D eigenvalue weighted by atomic mass is 16.5. The number of rotatable bonds is 4. The minimum atomic E-state index is -0.386. The maximum Gasteiger partial charge on any atom is 0.342 e. The zero-order valence-electron chi connectivity index (χ0n) is 13.9. The van der Waals surface area contributed by atoms with E-state index in [1.165, 1.54) is 19.3 Å². The third kappa shape index (κ3) is 3.16. The zero-order chi connectivity index (χ0) is 16.4. The number of furan rings is 1. The number of ether oxygens (including phenoxy) is 1. The number of hydrogen-bond donors (Lipinski definition) is 1. The number of nitrogens with zero attached hydrogens (tertiary/aromatic N) is 2. The summed E-state index contributed by atoms with van der Waals surface area (Å²) < 4.78 is 10.9. The van der Waals surface area contributed by atoms with Crippen molar-refractivity contribution in [2.75, 3.05) is 11.9 Å². The van der Waals surface area contributed by atoms with Crippen molar-refractivity contribution < 1.29 is 13.9 Å². The van der Waals surface area contributed by atoms with Crippen LogP contribution in [0.3, 0.4) is 0 Å². The molecule has 0 bridgehead atoms. The first-order chi connectivity index (χ1) is 11.1. The number of nitrogens with one attached hydrogen (secondary N) is 1. The minimum Gasteiger partial charge on any atom is -0.462 e. The average molecular weight is 317 g/mol. The summed E-state index contributed by atoms with van der Waals surface area (Å²) in [7, 11) is 0. The second-order valence-electron chi connectivity index (χ2n) is 6.03. The standard InChI is InChI=1S/C17H23N3O3/c1-4-22-17(21)13-10(2)23-16-14(13)15(18-11(3)19-16)20-12-8-6-5-7-9-12/h12H,4-9H2,1-3H3,(H,18,19,20). The summed E-state index contributed by atoms with van der Waals surface area (Å²) in [5, 5.41) is 4.13. The minimum absolute atomic E-state index is 0.322. The first-order valence-electron chi connectivity index (χ1n) is 8.31. The van der Waals surface area contributed by atoms with Crippen LogP contribution in [0.5, 0.6) is 0 Å². The van der Waals surface area contributed by atoms with Crippen molar-refractivity contribution in [2.45, 2.75) is 58.9 Å². The lowest BCUT2D eigenvalue weighted by Crippen LogP contribution is -2.23. The zero-order valence-corrected chi connectivity index (χ0v) is 13.9. The Morgan fingerprint density at radius 2 is 2.00 bits per heavy atom. The highest BCUT2D eigenvalue weighted by Crippen LogP contribution is 2.32. The SMILES string of the molecule is CCOC(=O)c1c(C)oc2nc(C)nc(NC3CCCCC3)c12. The van der Waals surface area contributed by atoms with Gasteiger partial charge in [-0.2, -0.15) is 4.98 Å². The van der Waals surface area contributed by atoms with Crippen LogP contribution in [0.25, 0.3) is 11.1 Å². The van der Waals surface area contributed by atoms with Crippen molar-refractivity contribution in [3.05, 3.63) is 17.1 Å². The third-order valence-electron chi connectivity index (χ3n) is 4.27. The van der Waals surface area contributed by atoms with Gasteiger partial charge in [0.2, 0.25) is 5.71 Å². The Hall–Kier alpha value is -2.11. The molecule has 6 nitrogen and oxygen atoms in total. The van der Waals surface area contributed by atoms with Gasteiger partial charge in [0.05, 0.1) is 12.0 Å². The molecule has 1 aliphatic rings. The average Bonchev–Trinajstić information content (AvgIpc) is 2.84. The van der Waals surface area contributed by atoms with E-state index in [-0.39, 0.29) is 5.97 Å². The predicted octanol–water partition coefficient (Wildman–Crippen LogP) is 3.76. The van der Waals surface area contributed by atoms with Crippen molar-refractivity contribution in [3.63, 3.8) is 0 Å². The lowest BCUT2D eigenvalue weighted by Gasteiger charge is -2.23. The monoisotopic (exact) mass is 317 g/mol. The van der Waals surface area contributed by atoms with Crippen LogP contribution in [0.1, 0.15) is 61.0 Å². The van der Waals surface area contributed by atoms with Crippen LogP contribution < -0.4 is 5.32 Å². The molecule has 2 aromatic heterocycles. The molecule has 0 aromatic carbocycles. The fourth-order valence-corrected chi connectivity index (χ4v) is 3.21. The van der Waals surface area contributed by atoms with Crippen LogP contribution in [-0.2, 0) is 4.74 Å². The third-order valence-corrected chi connectivity index (χ3v) is 4.27. The molecular formula is C17H23N3O3. The highest BCUT2D eigenvalue weighted by molar-refractivity contribution is 6.07. The predicted molar refractivity (Wildman–Crippen MR) is 87.7 cm³/mol. The Bertz CT molecular complexity index is 717.